The minimum absolute atomic E-state index is 0.0899. The van der Waals surface area contributed by atoms with Crippen molar-refractivity contribution >= 4 is 22.7 Å². The molecule has 2 aromatic carbocycles. The number of hydrogen-bond donors (Lipinski definition) is 1. The Morgan fingerprint density at radius 3 is 2.68 bits per heavy atom. The molecule has 0 saturated carbocycles. The van der Waals surface area contributed by atoms with Crippen molar-refractivity contribution in [3.05, 3.63) is 94.4 Å². The molecule has 0 aliphatic carbocycles. The molecule has 8 heteroatoms. The maximum Gasteiger partial charge on any atom is 0.261 e. The van der Waals surface area contributed by atoms with Crippen LogP contribution >= 0.6 is 11.8 Å². The summed E-state index contributed by atoms with van der Waals surface area (Å²) < 4.78 is 7.11. The normalized spacial score (nSPS) is 11.3. The smallest absolute Gasteiger partial charge is 0.261 e. The van der Waals surface area contributed by atoms with Gasteiger partial charge in [0.25, 0.3) is 5.56 Å². The predicted octanol–water partition coefficient (Wildman–Crippen LogP) is 4.42. The number of nitrogens with one attached hydrogen (secondary N) is 1. The van der Waals surface area contributed by atoms with Gasteiger partial charge in [0.15, 0.2) is 5.82 Å². The van der Waals surface area contributed by atoms with Crippen molar-refractivity contribution in [3.8, 4) is 11.4 Å². The van der Waals surface area contributed by atoms with Gasteiger partial charge in [0.2, 0.25) is 5.16 Å². The fraction of sp³-hybridized carbons (Fsp3) is 0.130. The zero-order chi connectivity index (χ0) is 21.2. The number of aromatic nitrogens is 5. The summed E-state index contributed by atoms with van der Waals surface area (Å²) in [5.74, 6) is 2.50. The molecule has 5 aromatic rings. The number of hydrogen-bond acceptors (Lipinski definition) is 6. The molecule has 0 atom stereocenters. The maximum absolute atomic E-state index is 13.1. The molecular formula is C23H19N5O2S. The third-order valence-electron chi connectivity index (χ3n) is 4.96. The third-order valence-corrected chi connectivity index (χ3v) is 5.80. The van der Waals surface area contributed by atoms with Gasteiger partial charge < -0.3 is 4.42 Å². The van der Waals surface area contributed by atoms with Gasteiger partial charge in [0.05, 0.1) is 29.5 Å². The van der Waals surface area contributed by atoms with Crippen LogP contribution in [0, 0.1) is 6.92 Å². The van der Waals surface area contributed by atoms with Crippen molar-refractivity contribution in [2.24, 2.45) is 0 Å². The van der Waals surface area contributed by atoms with E-state index in [9.17, 15) is 4.79 Å². The molecule has 0 saturated heterocycles. The molecule has 154 valence electrons. The van der Waals surface area contributed by atoms with Crippen molar-refractivity contribution in [1.82, 2.24) is 24.7 Å². The number of benzene rings is 2. The summed E-state index contributed by atoms with van der Waals surface area (Å²) >= 11 is 1.43. The Morgan fingerprint density at radius 1 is 1.03 bits per heavy atom. The largest absolute Gasteiger partial charge is 0.467 e. The van der Waals surface area contributed by atoms with Crippen LogP contribution in [0.2, 0.25) is 0 Å². The van der Waals surface area contributed by atoms with E-state index in [1.54, 1.807) is 16.9 Å². The highest BCUT2D eigenvalue weighted by Crippen LogP contribution is 2.23. The number of aromatic amines is 1. The van der Waals surface area contributed by atoms with Crippen LogP contribution in [0.25, 0.3) is 22.3 Å². The number of para-hydroxylation sites is 1. The minimum Gasteiger partial charge on any atom is -0.467 e. The molecule has 5 rings (SSSR count). The van der Waals surface area contributed by atoms with E-state index in [1.807, 2.05) is 61.5 Å². The Balaban J connectivity index is 1.44. The van der Waals surface area contributed by atoms with Crippen molar-refractivity contribution in [2.45, 2.75) is 24.4 Å². The highest BCUT2D eigenvalue weighted by atomic mass is 32.2. The van der Waals surface area contributed by atoms with Gasteiger partial charge in [0.1, 0.15) is 11.6 Å². The summed E-state index contributed by atoms with van der Waals surface area (Å²) in [6, 6.07) is 19.1. The number of rotatable bonds is 6. The summed E-state index contributed by atoms with van der Waals surface area (Å²) in [7, 11) is 0. The second-order valence-electron chi connectivity index (χ2n) is 7.14. The van der Waals surface area contributed by atoms with E-state index in [-0.39, 0.29) is 5.56 Å². The predicted molar refractivity (Wildman–Crippen MR) is 120 cm³/mol. The first-order valence-electron chi connectivity index (χ1n) is 9.80. The number of nitrogens with zero attached hydrogens (tertiary/aromatic N) is 4. The molecule has 0 aliphatic rings. The Bertz CT molecular complexity index is 1390. The summed E-state index contributed by atoms with van der Waals surface area (Å²) in [4.78, 5) is 22.5. The molecule has 1 N–H and O–H groups in total. The van der Waals surface area contributed by atoms with E-state index >= 15 is 0 Å². The van der Waals surface area contributed by atoms with Crippen molar-refractivity contribution in [2.75, 3.05) is 0 Å². The monoisotopic (exact) mass is 429 g/mol. The highest BCUT2D eigenvalue weighted by Gasteiger charge is 2.14. The Labute approximate surface area is 182 Å². The van der Waals surface area contributed by atoms with Gasteiger partial charge >= 0.3 is 0 Å². The first kappa shape index (κ1) is 19.3. The van der Waals surface area contributed by atoms with Gasteiger partial charge in [-0.05, 0) is 31.2 Å². The summed E-state index contributed by atoms with van der Waals surface area (Å²) in [6.45, 7) is 2.37. The van der Waals surface area contributed by atoms with Crippen LogP contribution in [0.15, 0.2) is 81.3 Å². The van der Waals surface area contributed by atoms with E-state index in [0.717, 1.165) is 5.56 Å². The van der Waals surface area contributed by atoms with Crippen LogP contribution in [-0.2, 0) is 12.3 Å². The Kier molecular flexibility index (Phi) is 5.13. The zero-order valence-electron chi connectivity index (χ0n) is 16.8. The lowest BCUT2D eigenvalue weighted by Crippen LogP contribution is -2.25. The number of thioether (sulfide) groups is 1. The van der Waals surface area contributed by atoms with E-state index in [1.165, 1.54) is 17.3 Å². The van der Waals surface area contributed by atoms with Gasteiger partial charge in [-0.3, -0.25) is 14.5 Å². The lowest BCUT2D eigenvalue weighted by Gasteiger charge is -2.11. The SMILES string of the molecule is Cc1ccc(-c2nc(SCc3nc4ccccc4c(=O)n3Cc3ccco3)n[nH]2)cc1. The van der Waals surface area contributed by atoms with Gasteiger partial charge in [-0.1, -0.05) is 53.7 Å². The van der Waals surface area contributed by atoms with Gasteiger partial charge in [0, 0.05) is 5.56 Å². The second kappa shape index (κ2) is 8.23. The first-order valence-corrected chi connectivity index (χ1v) is 10.8. The quantitative estimate of drug-likeness (QED) is 0.402. The van der Waals surface area contributed by atoms with Crippen LogP contribution in [0.1, 0.15) is 17.1 Å². The van der Waals surface area contributed by atoms with Crippen LogP contribution in [-0.4, -0.2) is 24.7 Å². The average molecular weight is 430 g/mol. The number of aryl methyl sites for hydroxylation is 1. The van der Waals surface area contributed by atoms with Gasteiger partial charge in [-0.15, -0.1) is 5.10 Å². The third kappa shape index (κ3) is 4.02. The number of furan rings is 1. The zero-order valence-corrected chi connectivity index (χ0v) is 17.6. The Hall–Kier alpha value is -3.65. The van der Waals surface area contributed by atoms with Gasteiger partial charge in [-0.25, -0.2) is 9.97 Å². The van der Waals surface area contributed by atoms with Crippen molar-refractivity contribution in [3.63, 3.8) is 0 Å². The fourth-order valence-corrected chi connectivity index (χ4v) is 4.07. The standard InChI is InChI=1S/C23H19N5O2S/c1-15-8-10-16(11-9-15)21-25-23(27-26-21)31-14-20-24-19-7-3-2-6-18(19)22(29)28(20)13-17-5-4-12-30-17/h2-12H,13-14H2,1H3,(H,25,26,27). The first-order chi connectivity index (χ1) is 15.2. The Morgan fingerprint density at radius 2 is 1.87 bits per heavy atom. The molecule has 0 spiro atoms. The van der Waals surface area contributed by atoms with E-state index in [4.69, 9.17) is 9.40 Å². The molecule has 31 heavy (non-hydrogen) atoms. The van der Waals surface area contributed by atoms with Crippen molar-refractivity contribution in [1.29, 1.82) is 0 Å². The fourth-order valence-electron chi connectivity index (χ4n) is 3.33. The van der Waals surface area contributed by atoms with Crippen LogP contribution in [0.3, 0.4) is 0 Å². The lowest BCUT2D eigenvalue weighted by atomic mass is 10.1. The van der Waals surface area contributed by atoms with Crippen LogP contribution in [0.5, 0.6) is 0 Å². The van der Waals surface area contributed by atoms with E-state index in [2.05, 4.69) is 15.2 Å². The topological polar surface area (TPSA) is 89.6 Å². The molecule has 0 bridgehead atoms. The summed E-state index contributed by atoms with van der Waals surface area (Å²) in [5, 5.41) is 8.48. The molecule has 0 amide bonds. The summed E-state index contributed by atoms with van der Waals surface area (Å²) in [5.41, 5.74) is 2.75. The van der Waals surface area contributed by atoms with Gasteiger partial charge in [-0.2, -0.15) is 0 Å². The van der Waals surface area contributed by atoms with Crippen LogP contribution in [0.4, 0.5) is 0 Å². The molecule has 3 heterocycles. The lowest BCUT2D eigenvalue weighted by molar-refractivity contribution is 0.485. The molecule has 0 aliphatic heterocycles. The molecule has 0 unspecified atom stereocenters. The average Bonchev–Trinajstić information content (AvgIpc) is 3.47. The van der Waals surface area contributed by atoms with E-state index in [0.29, 0.717) is 45.8 Å². The molecule has 7 nitrogen and oxygen atoms in total. The van der Waals surface area contributed by atoms with Crippen LogP contribution < -0.4 is 5.56 Å². The molecular weight excluding hydrogens is 410 g/mol. The number of H-pyrrole nitrogens is 1. The van der Waals surface area contributed by atoms with Crippen molar-refractivity contribution < 1.29 is 4.42 Å². The number of fused-ring (bicyclic) bond motifs is 1. The highest BCUT2D eigenvalue weighted by molar-refractivity contribution is 7.98. The molecule has 0 radical (unpaired) electrons. The summed E-state index contributed by atoms with van der Waals surface area (Å²) in [6.07, 6.45) is 1.60. The van der Waals surface area contributed by atoms with E-state index < -0.39 is 0 Å². The minimum atomic E-state index is -0.0899. The maximum atomic E-state index is 13.1. The molecule has 0 fully saturated rings. The second-order valence-corrected chi connectivity index (χ2v) is 8.08. The molecule has 3 aromatic heterocycles.